The molecule has 0 bridgehead atoms. The van der Waals surface area contributed by atoms with Crippen LogP contribution in [0.3, 0.4) is 0 Å². The van der Waals surface area contributed by atoms with Gasteiger partial charge in [0.2, 0.25) is 5.91 Å². The first-order chi connectivity index (χ1) is 12.9. The van der Waals surface area contributed by atoms with Gasteiger partial charge in [-0.3, -0.25) is 30.0 Å². The van der Waals surface area contributed by atoms with E-state index in [1.807, 2.05) is 23.7 Å². The Bertz CT molecular complexity index is 981. The Kier molecular flexibility index (Phi) is 5.64. The van der Waals surface area contributed by atoms with Crippen molar-refractivity contribution in [3.05, 3.63) is 52.8 Å². The molecule has 2 heterocycles. The molecule has 0 aliphatic rings. The Balaban J connectivity index is 1.50. The van der Waals surface area contributed by atoms with Crippen LogP contribution in [-0.2, 0) is 11.2 Å². The summed E-state index contributed by atoms with van der Waals surface area (Å²) in [6.07, 6.45) is 3.87. The second kappa shape index (κ2) is 8.12. The molecule has 9 nitrogen and oxygen atoms in total. The van der Waals surface area contributed by atoms with Crippen molar-refractivity contribution in [2.45, 2.75) is 13.3 Å². The Labute approximate surface area is 163 Å². The fraction of sp³-hybridized carbons (Fsp3) is 0.125. The summed E-state index contributed by atoms with van der Waals surface area (Å²) in [6.45, 7) is 2.00. The number of amides is 2. The van der Waals surface area contributed by atoms with E-state index in [0.29, 0.717) is 11.4 Å². The van der Waals surface area contributed by atoms with E-state index in [0.717, 1.165) is 9.84 Å². The molecule has 5 N–H and O–H groups in total. The first-order valence-corrected chi connectivity index (χ1v) is 9.01. The lowest BCUT2D eigenvalue weighted by atomic mass is 10.2. The average Bonchev–Trinajstić information content (AvgIpc) is 3.16. The van der Waals surface area contributed by atoms with E-state index in [2.05, 4.69) is 21.2 Å². The van der Waals surface area contributed by atoms with Gasteiger partial charge in [0.15, 0.2) is 10.1 Å². The fourth-order valence-corrected chi connectivity index (χ4v) is 3.34. The van der Waals surface area contributed by atoms with Crippen LogP contribution in [0.4, 0.5) is 5.69 Å². The minimum atomic E-state index is -0.638. The SMILES string of the molecule is Cc1cn2cc(CC(=O)NNC(=S)Nc3cccc(C(=O)NO)c3)nc2s1. The van der Waals surface area contributed by atoms with E-state index in [4.69, 9.17) is 17.4 Å². The molecule has 2 amide bonds. The monoisotopic (exact) mass is 404 g/mol. The van der Waals surface area contributed by atoms with Crippen molar-refractivity contribution < 1.29 is 14.8 Å². The third kappa shape index (κ3) is 4.78. The van der Waals surface area contributed by atoms with Crippen LogP contribution in [-0.4, -0.2) is 31.5 Å². The highest BCUT2D eigenvalue weighted by molar-refractivity contribution is 7.80. The Morgan fingerprint density at radius 2 is 2.11 bits per heavy atom. The van der Waals surface area contributed by atoms with E-state index >= 15 is 0 Å². The summed E-state index contributed by atoms with van der Waals surface area (Å²) < 4.78 is 1.89. The number of anilines is 1. The Hall–Kier alpha value is -3.02. The van der Waals surface area contributed by atoms with Gasteiger partial charge in [0.1, 0.15) is 0 Å². The van der Waals surface area contributed by atoms with E-state index < -0.39 is 5.91 Å². The van der Waals surface area contributed by atoms with E-state index in [1.165, 1.54) is 12.1 Å². The van der Waals surface area contributed by atoms with Crippen molar-refractivity contribution in [1.29, 1.82) is 0 Å². The molecular formula is C16H16N6O3S2. The lowest BCUT2D eigenvalue weighted by molar-refractivity contribution is -0.121. The van der Waals surface area contributed by atoms with E-state index in [1.54, 1.807) is 28.9 Å². The van der Waals surface area contributed by atoms with Crippen molar-refractivity contribution in [2.24, 2.45) is 0 Å². The molecule has 0 unspecified atom stereocenters. The zero-order chi connectivity index (χ0) is 19.4. The number of aryl methyl sites for hydroxylation is 1. The van der Waals surface area contributed by atoms with Gasteiger partial charge in [0, 0.05) is 28.5 Å². The number of hydrogen-bond acceptors (Lipinski definition) is 6. The van der Waals surface area contributed by atoms with E-state index in [-0.39, 0.29) is 23.0 Å². The van der Waals surface area contributed by atoms with Crippen molar-refractivity contribution >= 4 is 51.1 Å². The van der Waals surface area contributed by atoms with Crippen LogP contribution in [0.5, 0.6) is 0 Å². The highest BCUT2D eigenvalue weighted by Crippen LogP contribution is 2.16. The molecule has 0 aliphatic heterocycles. The number of thiocarbonyl (C=S) groups is 1. The molecular weight excluding hydrogens is 388 g/mol. The number of nitrogens with one attached hydrogen (secondary N) is 4. The minimum absolute atomic E-state index is 0.106. The maximum atomic E-state index is 12.0. The number of hydrogen-bond donors (Lipinski definition) is 5. The topological polar surface area (TPSA) is 120 Å². The lowest BCUT2D eigenvalue weighted by Gasteiger charge is -2.11. The summed E-state index contributed by atoms with van der Waals surface area (Å²) in [5.74, 6) is -0.934. The fourth-order valence-electron chi connectivity index (χ4n) is 2.34. The lowest BCUT2D eigenvalue weighted by Crippen LogP contribution is -2.44. The molecule has 0 saturated heterocycles. The molecule has 0 fully saturated rings. The summed E-state index contributed by atoms with van der Waals surface area (Å²) in [7, 11) is 0. The number of hydroxylamine groups is 1. The number of benzene rings is 1. The summed E-state index contributed by atoms with van der Waals surface area (Å²) in [5.41, 5.74) is 8.07. The molecule has 0 atom stereocenters. The summed E-state index contributed by atoms with van der Waals surface area (Å²) >= 11 is 6.66. The van der Waals surface area contributed by atoms with Gasteiger partial charge in [0.05, 0.1) is 12.1 Å². The van der Waals surface area contributed by atoms with Gasteiger partial charge in [-0.25, -0.2) is 10.5 Å². The predicted molar refractivity (Wildman–Crippen MR) is 105 cm³/mol. The normalized spacial score (nSPS) is 10.4. The number of nitrogens with zero attached hydrogens (tertiary/aromatic N) is 2. The van der Waals surface area contributed by atoms with Crippen LogP contribution in [0, 0.1) is 6.92 Å². The molecule has 27 heavy (non-hydrogen) atoms. The number of hydrazine groups is 1. The minimum Gasteiger partial charge on any atom is -0.331 e. The molecule has 140 valence electrons. The van der Waals surface area contributed by atoms with Gasteiger partial charge in [0.25, 0.3) is 5.91 Å². The van der Waals surface area contributed by atoms with Crippen LogP contribution in [0.15, 0.2) is 36.7 Å². The van der Waals surface area contributed by atoms with Gasteiger partial charge in [-0.1, -0.05) is 6.07 Å². The second-order valence-corrected chi connectivity index (χ2v) is 7.21. The zero-order valence-electron chi connectivity index (χ0n) is 14.1. The molecule has 3 aromatic rings. The number of fused-ring (bicyclic) bond motifs is 1. The molecule has 0 saturated carbocycles. The molecule has 0 radical (unpaired) electrons. The standard InChI is InChI=1S/C16H16N6O3S2/c1-9-7-22-8-12(18-16(22)27-9)6-13(23)19-20-15(26)17-11-4-2-3-10(5-11)14(24)21-25/h2-5,7-8,25H,6H2,1H3,(H,19,23)(H,21,24)(H2,17,20,26). The average molecular weight is 404 g/mol. The third-order valence-electron chi connectivity index (χ3n) is 3.46. The molecule has 11 heteroatoms. The molecule has 0 spiro atoms. The summed E-state index contributed by atoms with van der Waals surface area (Å²) in [5, 5.41) is 11.6. The van der Waals surface area contributed by atoms with Crippen molar-refractivity contribution in [2.75, 3.05) is 5.32 Å². The maximum Gasteiger partial charge on any atom is 0.274 e. The summed E-state index contributed by atoms with van der Waals surface area (Å²) in [4.78, 5) is 29.8. The van der Waals surface area contributed by atoms with Crippen LogP contribution < -0.4 is 21.6 Å². The number of aromatic nitrogens is 2. The van der Waals surface area contributed by atoms with Gasteiger partial charge < -0.3 is 5.32 Å². The Morgan fingerprint density at radius 3 is 2.85 bits per heavy atom. The van der Waals surface area contributed by atoms with Gasteiger partial charge >= 0.3 is 0 Å². The van der Waals surface area contributed by atoms with Crippen LogP contribution >= 0.6 is 23.6 Å². The Morgan fingerprint density at radius 1 is 1.30 bits per heavy atom. The highest BCUT2D eigenvalue weighted by atomic mass is 32.1. The second-order valence-electron chi connectivity index (χ2n) is 5.59. The number of rotatable bonds is 4. The molecule has 2 aromatic heterocycles. The first-order valence-electron chi connectivity index (χ1n) is 7.79. The maximum absolute atomic E-state index is 12.0. The quantitative estimate of drug-likeness (QED) is 0.253. The highest BCUT2D eigenvalue weighted by Gasteiger charge is 2.10. The van der Waals surface area contributed by atoms with Gasteiger partial charge in [-0.2, -0.15) is 0 Å². The number of carbonyl (C=O) groups excluding carboxylic acids is 2. The predicted octanol–water partition coefficient (Wildman–Crippen LogP) is 1.38. The van der Waals surface area contributed by atoms with Gasteiger partial charge in [-0.15, -0.1) is 11.3 Å². The first kappa shape index (κ1) is 18.8. The number of carbonyl (C=O) groups is 2. The molecule has 0 aliphatic carbocycles. The van der Waals surface area contributed by atoms with Crippen molar-refractivity contribution in [3.63, 3.8) is 0 Å². The van der Waals surface area contributed by atoms with Crippen molar-refractivity contribution in [1.82, 2.24) is 25.7 Å². The number of imidazole rings is 1. The molecule has 1 aromatic carbocycles. The van der Waals surface area contributed by atoms with Crippen LogP contribution in [0.2, 0.25) is 0 Å². The smallest absolute Gasteiger partial charge is 0.274 e. The van der Waals surface area contributed by atoms with Gasteiger partial charge in [-0.05, 0) is 37.3 Å². The van der Waals surface area contributed by atoms with Crippen molar-refractivity contribution in [3.8, 4) is 0 Å². The number of thiazole rings is 1. The summed E-state index contributed by atoms with van der Waals surface area (Å²) in [6, 6.07) is 6.34. The van der Waals surface area contributed by atoms with Crippen LogP contribution in [0.25, 0.3) is 4.96 Å². The molecule has 3 rings (SSSR count). The largest absolute Gasteiger partial charge is 0.331 e. The zero-order valence-corrected chi connectivity index (χ0v) is 15.8. The third-order valence-corrected chi connectivity index (χ3v) is 4.58. The van der Waals surface area contributed by atoms with Crippen LogP contribution in [0.1, 0.15) is 20.9 Å². The van der Waals surface area contributed by atoms with E-state index in [9.17, 15) is 9.59 Å².